The molecule has 0 atom stereocenters. The van der Waals surface area contributed by atoms with Crippen LogP contribution in [0, 0.1) is 5.41 Å². The van der Waals surface area contributed by atoms with Gasteiger partial charge in [-0.1, -0.05) is 206 Å². The molecule has 0 aromatic heterocycles. The lowest BCUT2D eigenvalue weighted by atomic mass is 9.75. The Morgan fingerprint density at radius 2 is 0.595 bits per heavy atom. The zero-order chi connectivity index (χ0) is 31.0. The van der Waals surface area contributed by atoms with Crippen molar-refractivity contribution < 1.29 is 19.8 Å². The van der Waals surface area contributed by atoms with Crippen LogP contribution < -0.4 is 0 Å². The fourth-order valence-corrected chi connectivity index (χ4v) is 6.55. The van der Waals surface area contributed by atoms with Crippen molar-refractivity contribution in [2.75, 3.05) is 0 Å². The molecule has 0 saturated heterocycles. The van der Waals surface area contributed by atoms with Gasteiger partial charge in [-0.25, -0.2) is 0 Å². The van der Waals surface area contributed by atoms with Crippen molar-refractivity contribution in [1.82, 2.24) is 0 Å². The molecule has 0 aromatic carbocycles. The summed E-state index contributed by atoms with van der Waals surface area (Å²) < 4.78 is 0. The topological polar surface area (TPSA) is 74.6 Å². The summed E-state index contributed by atoms with van der Waals surface area (Å²) in [7, 11) is 0. The molecule has 0 saturated carbocycles. The number of unbranched alkanes of at least 4 members (excludes halogenated alkanes) is 28. The Morgan fingerprint density at radius 1 is 0.381 bits per heavy atom. The van der Waals surface area contributed by atoms with E-state index in [4.69, 9.17) is 0 Å². The zero-order valence-corrected chi connectivity index (χ0v) is 28.5. The van der Waals surface area contributed by atoms with Crippen LogP contribution in [0.15, 0.2) is 0 Å². The van der Waals surface area contributed by atoms with E-state index in [9.17, 15) is 19.8 Å². The molecule has 4 nitrogen and oxygen atoms in total. The summed E-state index contributed by atoms with van der Waals surface area (Å²) in [5.41, 5.74) is -1.08. The Balaban J connectivity index is 3.90. The smallest absolute Gasteiger partial charge is 0.310 e. The van der Waals surface area contributed by atoms with Gasteiger partial charge in [0.1, 0.15) is 0 Å². The molecule has 0 amide bonds. The summed E-state index contributed by atoms with van der Waals surface area (Å²) in [4.78, 5) is 23.8. The molecule has 0 aliphatic carbocycles. The third kappa shape index (κ3) is 26.6. The van der Waals surface area contributed by atoms with Gasteiger partial charge in [0.2, 0.25) is 0 Å². The fraction of sp³-hybridized carbons (Fsp3) is 0.947. The minimum absolute atomic E-state index is 0.237. The summed E-state index contributed by atoms with van der Waals surface area (Å²) in [6.45, 7) is 4.54. The van der Waals surface area contributed by atoms with Gasteiger partial charge in [0.15, 0.2) is 0 Å². The molecule has 250 valence electrons. The van der Waals surface area contributed by atoms with Crippen LogP contribution in [-0.4, -0.2) is 22.2 Å². The first-order chi connectivity index (χ1) is 20.5. The predicted octanol–water partition coefficient (Wildman–Crippen LogP) is 13.1. The first-order valence-electron chi connectivity index (χ1n) is 18.9. The van der Waals surface area contributed by atoms with Crippen molar-refractivity contribution in [1.29, 1.82) is 0 Å². The normalized spacial score (nSPS) is 11.8. The summed E-state index contributed by atoms with van der Waals surface area (Å²) in [6, 6.07) is 0. The number of carboxylic acids is 2. The first kappa shape index (κ1) is 40.9. The van der Waals surface area contributed by atoms with Crippen molar-refractivity contribution in [3.8, 4) is 0 Å². The van der Waals surface area contributed by atoms with Gasteiger partial charge in [-0.05, 0) is 12.8 Å². The second kappa shape index (κ2) is 31.4. The monoisotopic (exact) mass is 595 g/mol. The zero-order valence-electron chi connectivity index (χ0n) is 28.5. The lowest BCUT2D eigenvalue weighted by Crippen LogP contribution is -2.33. The molecule has 0 radical (unpaired) electrons. The van der Waals surface area contributed by atoms with E-state index in [0.29, 0.717) is 12.8 Å². The van der Waals surface area contributed by atoms with Gasteiger partial charge in [-0.2, -0.15) is 0 Å². The molecular formula is C38H74O4. The molecule has 2 N–H and O–H groups in total. The Hall–Kier alpha value is -1.06. The number of carbonyl (C=O) groups is 2. The molecule has 0 rings (SSSR count). The first-order valence-corrected chi connectivity index (χ1v) is 18.9. The SMILES string of the molecule is CCCCCCCCCCCCCCCCCC(CCCCCCCCCCCCCCCCC)(CC(=O)O)C(=O)O. The van der Waals surface area contributed by atoms with Crippen molar-refractivity contribution >= 4 is 11.9 Å². The highest BCUT2D eigenvalue weighted by molar-refractivity contribution is 5.81. The quantitative estimate of drug-likeness (QED) is 0.0716. The second-order valence-electron chi connectivity index (χ2n) is 13.6. The molecule has 0 aromatic rings. The number of hydrogen-bond donors (Lipinski definition) is 2. The lowest BCUT2D eigenvalue weighted by Gasteiger charge is -2.28. The van der Waals surface area contributed by atoms with Crippen LogP contribution in [-0.2, 0) is 9.59 Å². The Labute approximate surface area is 262 Å². The number of aliphatic carboxylic acids is 2. The van der Waals surface area contributed by atoms with Crippen LogP contribution in [0.2, 0.25) is 0 Å². The van der Waals surface area contributed by atoms with Crippen LogP contribution in [0.25, 0.3) is 0 Å². The maximum atomic E-state index is 12.3. The molecule has 0 spiro atoms. The van der Waals surface area contributed by atoms with E-state index >= 15 is 0 Å². The molecule has 0 fully saturated rings. The van der Waals surface area contributed by atoms with Crippen molar-refractivity contribution in [2.45, 2.75) is 226 Å². The van der Waals surface area contributed by atoms with Crippen LogP contribution in [0.1, 0.15) is 226 Å². The third-order valence-electron chi connectivity index (χ3n) is 9.46. The summed E-state index contributed by atoms with van der Waals surface area (Å²) in [6.07, 6.45) is 39.2. The van der Waals surface area contributed by atoms with Crippen LogP contribution in [0.3, 0.4) is 0 Å². The largest absolute Gasteiger partial charge is 0.481 e. The van der Waals surface area contributed by atoms with Crippen LogP contribution >= 0.6 is 0 Å². The van der Waals surface area contributed by atoms with Gasteiger partial charge in [-0.15, -0.1) is 0 Å². The van der Waals surface area contributed by atoms with Gasteiger partial charge in [0.05, 0.1) is 11.8 Å². The van der Waals surface area contributed by atoms with E-state index in [1.54, 1.807) is 0 Å². The van der Waals surface area contributed by atoms with Crippen molar-refractivity contribution in [3.63, 3.8) is 0 Å². The highest BCUT2D eigenvalue weighted by Gasteiger charge is 2.39. The molecule has 0 aliphatic heterocycles. The maximum absolute atomic E-state index is 12.3. The van der Waals surface area contributed by atoms with Crippen molar-refractivity contribution in [2.24, 2.45) is 5.41 Å². The van der Waals surface area contributed by atoms with Gasteiger partial charge in [0, 0.05) is 0 Å². The van der Waals surface area contributed by atoms with Gasteiger partial charge in [-0.3, -0.25) is 9.59 Å². The molecule has 0 bridgehead atoms. The second-order valence-corrected chi connectivity index (χ2v) is 13.6. The average molecular weight is 595 g/mol. The molecule has 0 unspecified atom stereocenters. The predicted molar refractivity (Wildman–Crippen MR) is 181 cm³/mol. The van der Waals surface area contributed by atoms with E-state index in [-0.39, 0.29) is 6.42 Å². The van der Waals surface area contributed by atoms with E-state index in [1.165, 1.54) is 154 Å². The maximum Gasteiger partial charge on any atom is 0.310 e. The Morgan fingerprint density at radius 3 is 0.786 bits per heavy atom. The van der Waals surface area contributed by atoms with Gasteiger partial charge >= 0.3 is 11.9 Å². The Kier molecular flexibility index (Phi) is 30.6. The third-order valence-corrected chi connectivity index (χ3v) is 9.46. The summed E-state index contributed by atoms with van der Waals surface area (Å²) >= 11 is 0. The molecule has 4 heteroatoms. The highest BCUT2D eigenvalue weighted by Crippen LogP contribution is 2.36. The van der Waals surface area contributed by atoms with Gasteiger partial charge < -0.3 is 10.2 Å². The van der Waals surface area contributed by atoms with E-state index in [2.05, 4.69) is 13.8 Å². The standard InChI is InChI=1S/C38H74O4/c1-3-5-7-9-11-13-15-17-19-21-23-25-27-29-31-33-38(37(41)42,35-36(39)40)34-32-30-28-26-24-22-20-18-16-14-12-10-8-6-4-2/h3-35H2,1-2H3,(H,39,40)(H,41,42). The molecule has 0 heterocycles. The highest BCUT2D eigenvalue weighted by atomic mass is 16.4. The minimum Gasteiger partial charge on any atom is -0.481 e. The van der Waals surface area contributed by atoms with Crippen LogP contribution in [0.5, 0.6) is 0 Å². The summed E-state index contributed by atoms with van der Waals surface area (Å²) in [5, 5.41) is 19.5. The van der Waals surface area contributed by atoms with E-state index < -0.39 is 17.4 Å². The van der Waals surface area contributed by atoms with E-state index in [0.717, 1.165) is 38.5 Å². The number of carboxylic acid groups (broad SMARTS) is 2. The van der Waals surface area contributed by atoms with Gasteiger partial charge in [0.25, 0.3) is 0 Å². The minimum atomic E-state index is -1.08. The molecule has 42 heavy (non-hydrogen) atoms. The summed E-state index contributed by atoms with van der Waals surface area (Å²) in [5.74, 6) is -1.88. The fourth-order valence-electron chi connectivity index (χ4n) is 6.55. The Bertz CT molecular complexity index is 554. The van der Waals surface area contributed by atoms with Crippen molar-refractivity contribution in [3.05, 3.63) is 0 Å². The number of hydrogen-bond acceptors (Lipinski definition) is 2. The average Bonchev–Trinajstić information content (AvgIpc) is 2.96. The van der Waals surface area contributed by atoms with E-state index in [1.807, 2.05) is 0 Å². The molecular weight excluding hydrogens is 520 g/mol. The van der Waals surface area contributed by atoms with Crippen LogP contribution in [0.4, 0.5) is 0 Å². The molecule has 0 aliphatic rings. The lowest BCUT2D eigenvalue weighted by molar-refractivity contribution is -0.157. The number of rotatable bonds is 35.